The summed E-state index contributed by atoms with van der Waals surface area (Å²) < 4.78 is 5.33. The lowest BCUT2D eigenvalue weighted by molar-refractivity contribution is -0.111. The lowest BCUT2D eigenvalue weighted by atomic mass is 10.1. The molecule has 0 radical (unpaired) electrons. The molecule has 1 amide bonds. The molecule has 0 saturated carbocycles. The maximum absolute atomic E-state index is 12.7. The van der Waals surface area contributed by atoms with Crippen LogP contribution in [0.2, 0.25) is 5.02 Å². The standard InChI is InChI=1S/C21H17ClN2O5/c1-2-29-14-6-4-13(5-7-14)23-18(25)10-9-16-19(26)15-8-3-12(22)11-17(15)24-21(28)20(16)27/h3-11,27H,2H2,1H3,(H,23,25)(H,24,28)/b10-9+. The van der Waals surface area contributed by atoms with E-state index in [1.54, 1.807) is 24.3 Å². The zero-order chi connectivity index (χ0) is 21.0. The molecule has 0 aliphatic carbocycles. The number of anilines is 1. The highest BCUT2D eigenvalue weighted by atomic mass is 35.5. The summed E-state index contributed by atoms with van der Waals surface area (Å²) in [6, 6.07) is 11.1. The monoisotopic (exact) mass is 412 g/mol. The lowest BCUT2D eigenvalue weighted by Crippen LogP contribution is -2.09. The van der Waals surface area contributed by atoms with Gasteiger partial charge in [0.1, 0.15) is 5.75 Å². The van der Waals surface area contributed by atoms with Gasteiger partial charge in [0.25, 0.3) is 5.56 Å². The van der Waals surface area contributed by atoms with E-state index >= 15 is 0 Å². The van der Waals surface area contributed by atoms with Gasteiger partial charge in [-0.3, -0.25) is 14.4 Å². The highest BCUT2D eigenvalue weighted by molar-refractivity contribution is 6.31. The SMILES string of the molecule is CCOc1ccc(NC(=O)/C=C/c2c(O)c(=O)[nH]c3cc(Cl)ccc3c2=O)cc1. The van der Waals surface area contributed by atoms with Crippen molar-refractivity contribution in [2.24, 2.45) is 0 Å². The minimum absolute atomic E-state index is 0.151. The van der Waals surface area contributed by atoms with Crippen molar-refractivity contribution >= 4 is 40.2 Å². The number of amides is 1. The molecule has 148 valence electrons. The van der Waals surface area contributed by atoms with Crippen LogP contribution >= 0.6 is 11.6 Å². The van der Waals surface area contributed by atoms with Gasteiger partial charge in [0.15, 0.2) is 11.2 Å². The number of fused-ring (bicyclic) bond motifs is 1. The summed E-state index contributed by atoms with van der Waals surface area (Å²) in [5.41, 5.74) is -1.08. The minimum Gasteiger partial charge on any atom is -0.503 e. The van der Waals surface area contributed by atoms with Gasteiger partial charge in [0.2, 0.25) is 5.91 Å². The van der Waals surface area contributed by atoms with Crippen molar-refractivity contribution in [2.75, 3.05) is 11.9 Å². The summed E-state index contributed by atoms with van der Waals surface area (Å²) in [6.45, 7) is 2.40. The predicted molar refractivity (Wildman–Crippen MR) is 113 cm³/mol. The Morgan fingerprint density at radius 3 is 2.62 bits per heavy atom. The lowest BCUT2D eigenvalue weighted by Gasteiger charge is -2.05. The largest absolute Gasteiger partial charge is 0.503 e. The van der Waals surface area contributed by atoms with Crippen LogP contribution in [0.25, 0.3) is 17.0 Å². The molecule has 0 spiro atoms. The third-order valence-electron chi connectivity index (χ3n) is 4.02. The summed E-state index contributed by atoms with van der Waals surface area (Å²) in [6.07, 6.45) is 2.17. The number of carbonyl (C=O) groups excluding carboxylic acids is 1. The van der Waals surface area contributed by atoms with Gasteiger partial charge >= 0.3 is 0 Å². The number of aromatic amines is 1. The highest BCUT2D eigenvalue weighted by Gasteiger charge is 2.11. The van der Waals surface area contributed by atoms with Crippen LogP contribution in [0.4, 0.5) is 5.69 Å². The summed E-state index contributed by atoms with van der Waals surface area (Å²) in [5, 5.41) is 13.2. The topological polar surface area (TPSA) is 108 Å². The summed E-state index contributed by atoms with van der Waals surface area (Å²) in [4.78, 5) is 39.4. The average Bonchev–Trinajstić information content (AvgIpc) is 2.77. The third kappa shape index (κ3) is 4.64. The van der Waals surface area contributed by atoms with E-state index in [4.69, 9.17) is 16.3 Å². The van der Waals surface area contributed by atoms with E-state index in [2.05, 4.69) is 10.3 Å². The van der Waals surface area contributed by atoms with E-state index in [1.807, 2.05) is 6.92 Å². The Hall–Kier alpha value is -3.58. The molecule has 0 bridgehead atoms. The normalized spacial score (nSPS) is 11.0. The van der Waals surface area contributed by atoms with Gasteiger partial charge in [-0.05, 0) is 55.5 Å². The van der Waals surface area contributed by atoms with E-state index < -0.39 is 22.6 Å². The third-order valence-corrected chi connectivity index (χ3v) is 4.26. The smallest absolute Gasteiger partial charge is 0.291 e. The van der Waals surface area contributed by atoms with E-state index in [-0.39, 0.29) is 16.5 Å². The van der Waals surface area contributed by atoms with E-state index in [9.17, 15) is 19.5 Å². The van der Waals surface area contributed by atoms with Crippen molar-refractivity contribution < 1.29 is 14.6 Å². The molecule has 3 rings (SSSR count). The molecule has 1 heterocycles. The number of ether oxygens (including phenoxy) is 1. The predicted octanol–water partition coefficient (Wildman–Crippen LogP) is 3.30. The Morgan fingerprint density at radius 2 is 1.93 bits per heavy atom. The molecule has 0 fully saturated rings. The number of rotatable bonds is 5. The molecule has 0 saturated heterocycles. The molecule has 8 heteroatoms. The fourth-order valence-electron chi connectivity index (χ4n) is 2.67. The number of hydrogen-bond acceptors (Lipinski definition) is 5. The van der Waals surface area contributed by atoms with E-state index in [1.165, 1.54) is 18.2 Å². The van der Waals surface area contributed by atoms with Gasteiger partial charge in [-0.15, -0.1) is 0 Å². The van der Waals surface area contributed by atoms with Crippen LogP contribution in [0, 0.1) is 0 Å². The molecular weight excluding hydrogens is 396 g/mol. The quantitative estimate of drug-likeness (QED) is 0.557. The van der Waals surface area contributed by atoms with Crippen LogP contribution in [-0.2, 0) is 4.79 Å². The number of hydrogen-bond donors (Lipinski definition) is 3. The number of nitrogens with one attached hydrogen (secondary N) is 2. The molecule has 0 atom stereocenters. The molecule has 2 aromatic carbocycles. The van der Waals surface area contributed by atoms with Crippen molar-refractivity contribution in [3.8, 4) is 11.5 Å². The maximum Gasteiger partial charge on any atom is 0.291 e. The number of aromatic nitrogens is 1. The maximum atomic E-state index is 12.7. The van der Waals surface area contributed by atoms with Crippen LogP contribution < -0.4 is 21.0 Å². The van der Waals surface area contributed by atoms with Gasteiger partial charge in [0, 0.05) is 22.2 Å². The van der Waals surface area contributed by atoms with Crippen LogP contribution in [0.1, 0.15) is 12.5 Å². The van der Waals surface area contributed by atoms with Gasteiger partial charge in [-0.1, -0.05) is 11.6 Å². The second-order valence-corrected chi connectivity index (χ2v) is 6.45. The summed E-state index contributed by atoms with van der Waals surface area (Å²) >= 11 is 5.89. The molecule has 7 nitrogen and oxygen atoms in total. The Labute approximate surface area is 170 Å². The number of aromatic hydroxyl groups is 1. The molecular formula is C21H17ClN2O5. The van der Waals surface area contributed by atoms with Crippen molar-refractivity contribution in [3.05, 3.63) is 79.7 Å². The first-order valence-electron chi connectivity index (χ1n) is 8.69. The second-order valence-electron chi connectivity index (χ2n) is 6.02. The Bertz CT molecular complexity index is 1220. The first-order chi connectivity index (χ1) is 13.9. The Morgan fingerprint density at radius 1 is 1.21 bits per heavy atom. The summed E-state index contributed by atoms with van der Waals surface area (Å²) in [7, 11) is 0. The zero-order valence-electron chi connectivity index (χ0n) is 15.4. The highest BCUT2D eigenvalue weighted by Crippen LogP contribution is 2.18. The second kappa shape index (κ2) is 8.62. The van der Waals surface area contributed by atoms with Crippen LogP contribution in [-0.4, -0.2) is 22.6 Å². The number of carbonyl (C=O) groups is 1. The van der Waals surface area contributed by atoms with Gasteiger partial charge in [0.05, 0.1) is 17.7 Å². The molecule has 0 unspecified atom stereocenters. The van der Waals surface area contributed by atoms with Crippen LogP contribution in [0.15, 0.2) is 58.1 Å². The number of H-pyrrole nitrogens is 1. The minimum atomic E-state index is -0.870. The van der Waals surface area contributed by atoms with Crippen LogP contribution in [0.3, 0.4) is 0 Å². The van der Waals surface area contributed by atoms with Gasteiger partial charge < -0.3 is 20.1 Å². The van der Waals surface area contributed by atoms with Crippen molar-refractivity contribution in [1.82, 2.24) is 4.98 Å². The molecule has 0 aliphatic rings. The molecule has 29 heavy (non-hydrogen) atoms. The first kappa shape index (κ1) is 20.2. The fourth-order valence-corrected chi connectivity index (χ4v) is 2.85. The molecule has 3 aromatic rings. The van der Waals surface area contributed by atoms with Crippen LogP contribution in [0.5, 0.6) is 11.5 Å². The molecule has 0 aliphatic heterocycles. The van der Waals surface area contributed by atoms with Crippen molar-refractivity contribution in [3.63, 3.8) is 0 Å². The molecule has 1 aromatic heterocycles. The van der Waals surface area contributed by atoms with Gasteiger partial charge in [-0.25, -0.2) is 0 Å². The summed E-state index contributed by atoms with van der Waals surface area (Å²) in [5.74, 6) is -0.652. The Balaban J connectivity index is 1.92. The zero-order valence-corrected chi connectivity index (χ0v) is 16.1. The van der Waals surface area contributed by atoms with E-state index in [0.29, 0.717) is 23.1 Å². The first-order valence-corrected chi connectivity index (χ1v) is 9.07. The number of halogens is 1. The van der Waals surface area contributed by atoms with Crippen molar-refractivity contribution in [2.45, 2.75) is 6.92 Å². The average molecular weight is 413 g/mol. The molecule has 3 N–H and O–H groups in total. The van der Waals surface area contributed by atoms with Crippen molar-refractivity contribution in [1.29, 1.82) is 0 Å². The van der Waals surface area contributed by atoms with E-state index in [0.717, 1.165) is 12.2 Å². The van der Waals surface area contributed by atoms with Gasteiger partial charge in [-0.2, -0.15) is 0 Å². The number of benzene rings is 2. The Kier molecular flexibility index (Phi) is 5.99. The fraction of sp³-hybridized carbons (Fsp3) is 0.0952.